The van der Waals surface area contributed by atoms with E-state index in [1.54, 1.807) is 30.3 Å². The molecule has 0 bridgehead atoms. The lowest BCUT2D eigenvalue weighted by Gasteiger charge is -2.22. The molecule has 4 heterocycles. The van der Waals surface area contributed by atoms with Gasteiger partial charge < -0.3 is 14.2 Å². The third-order valence-electron chi connectivity index (χ3n) is 7.12. The molecule has 1 saturated heterocycles. The fourth-order valence-electron chi connectivity index (χ4n) is 5.00. The van der Waals surface area contributed by atoms with Crippen molar-refractivity contribution in [2.24, 2.45) is 0 Å². The van der Waals surface area contributed by atoms with Crippen molar-refractivity contribution in [1.82, 2.24) is 19.6 Å². The van der Waals surface area contributed by atoms with E-state index < -0.39 is 17.7 Å². The number of imidazole rings is 1. The number of nitrogens with zero attached hydrogens (tertiary/aromatic N) is 5. The average Bonchev–Trinajstić information content (AvgIpc) is 3.70. The van der Waals surface area contributed by atoms with Crippen molar-refractivity contribution in [3.05, 3.63) is 119 Å². The third kappa shape index (κ3) is 5.33. The highest BCUT2D eigenvalue weighted by atomic mass is 32.2. The monoisotopic (exact) mass is 609 g/mol. The molecule has 1 aliphatic heterocycles. The Hall–Kier alpha value is -4.74. The average molecular weight is 610 g/mol. The van der Waals surface area contributed by atoms with E-state index in [0.29, 0.717) is 39.4 Å². The number of rotatable bonds is 9. The first-order valence-electron chi connectivity index (χ1n) is 13.5. The molecule has 0 saturated carbocycles. The number of carbonyl (C=O) groups is 2. The summed E-state index contributed by atoms with van der Waals surface area (Å²) in [6.45, 7) is 7.74. The van der Waals surface area contributed by atoms with E-state index in [-0.39, 0.29) is 22.2 Å². The number of aliphatic hydroxyl groups excluding tert-OH is 1. The molecule has 0 aliphatic carbocycles. The van der Waals surface area contributed by atoms with Crippen LogP contribution in [0.4, 0.5) is 5.13 Å². The van der Waals surface area contributed by atoms with Crippen molar-refractivity contribution in [3.63, 3.8) is 0 Å². The zero-order valence-corrected chi connectivity index (χ0v) is 25.1. The summed E-state index contributed by atoms with van der Waals surface area (Å²) in [5, 5.41) is 20.6. The summed E-state index contributed by atoms with van der Waals surface area (Å²) in [6.07, 6.45) is 3.49. The minimum atomic E-state index is -0.960. The van der Waals surface area contributed by atoms with E-state index in [1.165, 1.54) is 28.0 Å². The molecule has 9 nitrogen and oxygen atoms in total. The summed E-state index contributed by atoms with van der Waals surface area (Å²) in [5.41, 5.74) is 4.10. The number of hydrogen-bond donors (Lipinski definition) is 1. The van der Waals surface area contributed by atoms with Gasteiger partial charge in [-0.3, -0.25) is 14.5 Å². The van der Waals surface area contributed by atoms with Crippen LogP contribution >= 0.6 is 23.1 Å². The number of aliphatic hydroxyl groups is 1. The molecular formula is C32H27N5O4S2. The second kappa shape index (κ2) is 11.9. The van der Waals surface area contributed by atoms with Crippen LogP contribution in [0.25, 0.3) is 11.4 Å². The van der Waals surface area contributed by atoms with E-state index in [1.807, 2.05) is 66.9 Å². The molecule has 1 aliphatic rings. The zero-order valence-electron chi connectivity index (χ0n) is 23.4. The number of ketones is 1. The maximum Gasteiger partial charge on any atom is 0.301 e. The summed E-state index contributed by atoms with van der Waals surface area (Å²) in [7, 11) is 0. The Morgan fingerprint density at radius 2 is 1.84 bits per heavy atom. The SMILES string of the molecule is C=CCOc1ccc(C2C(=C(O)c3nc4c(C)cccn4c3C)C(=O)C(=O)N2c2nnc(SCc3ccccc3)s2)cc1. The van der Waals surface area contributed by atoms with Crippen molar-refractivity contribution < 1.29 is 19.4 Å². The van der Waals surface area contributed by atoms with Crippen molar-refractivity contribution in [1.29, 1.82) is 0 Å². The second-order valence-corrected chi connectivity index (χ2v) is 12.1. The van der Waals surface area contributed by atoms with Crippen LogP contribution in [0.2, 0.25) is 0 Å². The van der Waals surface area contributed by atoms with Crippen LogP contribution in [0, 0.1) is 13.8 Å². The molecule has 0 radical (unpaired) electrons. The third-order valence-corrected chi connectivity index (χ3v) is 9.25. The summed E-state index contributed by atoms with van der Waals surface area (Å²) in [6, 6.07) is 19.8. The second-order valence-electron chi connectivity index (χ2n) is 9.89. The van der Waals surface area contributed by atoms with E-state index in [9.17, 15) is 14.7 Å². The predicted octanol–water partition coefficient (Wildman–Crippen LogP) is 6.29. The Bertz CT molecular complexity index is 1880. The van der Waals surface area contributed by atoms with Gasteiger partial charge >= 0.3 is 5.91 Å². The lowest BCUT2D eigenvalue weighted by Crippen LogP contribution is -2.29. The number of aryl methyl sites for hydroxylation is 2. The number of fused-ring (bicyclic) bond motifs is 1. The first-order valence-corrected chi connectivity index (χ1v) is 15.3. The molecule has 6 rings (SSSR count). The van der Waals surface area contributed by atoms with Gasteiger partial charge in [0.05, 0.1) is 17.3 Å². The highest BCUT2D eigenvalue weighted by molar-refractivity contribution is 8.00. The molecular weight excluding hydrogens is 583 g/mol. The van der Waals surface area contributed by atoms with Crippen LogP contribution in [0.5, 0.6) is 5.75 Å². The van der Waals surface area contributed by atoms with Crippen molar-refractivity contribution in [3.8, 4) is 5.75 Å². The van der Waals surface area contributed by atoms with Gasteiger partial charge in [0, 0.05) is 11.9 Å². The summed E-state index contributed by atoms with van der Waals surface area (Å²) >= 11 is 2.71. The Labute approximate surface area is 256 Å². The molecule has 0 spiro atoms. The summed E-state index contributed by atoms with van der Waals surface area (Å²) in [5.74, 6) is -0.691. The summed E-state index contributed by atoms with van der Waals surface area (Å²) < 4.78 is 8.14. The van der Waals surface area contributed by atoms with Gasteiger partial charge in [-0.15, -0.1) is 10.2 Å². The van der Waals surface area contributed by atoms with Crippen LogP contribution < -0.4 is 9.64 Å². The number of carbonyl (C=O) groups excluding carboxylic acids is 2. The maximum absolute atomic E-state index is 13.7. The number of hydrogen-bond acceptors (Lipinski definition) is 9. The zero-order chi connectivity index (χ0) is 30.1. The Balaban J connectivity index is 1.44. The summed E-state index contributed by atoms with van der Waals surface area (Å²) in [4.78, 5) is 33.3. The fourth-order valence-corrected chi connectivity index (χ4v) is 6.82. The van der Waals surface area contributed by atoms with Crippen LogP contribution in [-0.4, -0.2) is 43.0 Å². The van der Waals surface area contributed by atoms with Gasteiger partial charge in [-0.25, -0.2) is 4.98 Å². The van der Waals surface area contributed by atoms with E-state index in [0.717, 1.165) is 11.1 Å². The van der Waals surface area contributed by atoms with Crippen molar-refractivity contribution in [2.45, 2.75) is 30.0 Å². The Kier molecular flexibility index (Phi) is 7.83. The molecule has 3 aromatic heterocycles. The van der Waals surface area contributed by atoms with Crippen LogP contribution in [0.3, 0.4) is 0 Å². The fraction of sp³-hybridized carbons (Fsp3) is 0.156. The van der Waals surface area contributed by atoms with Crippen LogP contribution in [0.15, 0.2) is 95.5 Å². The van der Waals surface area contributed by atoms with Gasteiger partial charge in [0.15, 0.2) is 10.1 Å². The van der Waals surface area contributed by atoms with Gasteiger partial charge in [0.2, 0.25) is 5.13 Å². The van der Waals surface area contributed by atoms with Gasteiger partial charge in [0.1, 0.15) is 23.7 Å². The van der Waals surface area contributed by atoms with Crippen molar-refractivity contribution >= 4 is 51.3 Å². The number of amides is 1. The highest BCUT2D eigenvalue weighted by Gasteiger charge is 2.49. The van der Waals surface area contributed by atoms with Gasteiger partial charge in [-0.1, -0.05) is 84.3 Å². The normalized spacial score (nSPS) is 16.2. The number of Topliss-reactive ketones (excluding diaryl/α,β-unsaturated/α-hetero) is 1. The van der Waals surface area contributed by atoms with Gasteiger partial charge in [0.25, 0.3) is 5.78 Å². The molecule has 43 heavy (non-hydrogen) atoms. The quantitative estimate of drug-likeness (QED) is 0.0519. The molecule has 5 aromatic rings. The van der Waals surface area contributed by atoms with Crippen LogP contribution in [0.1, 0.15) is 34.1 Å². The number of ether oxygens (including phenoxy) is 1. The molecule has 216 valence electrons. The Morgan fingerprint density at radius 1 is 1.07 bits per heavy atom. The standard InChI is InChI=1S/C32H27N5O4S2/c1-4-17-41-23-14-12-22(13-15-23)26-24(27(38)25-20(3)36-16-8-9-19(2)29(36)33-25)28(39)30(40)37(26)31-34-35-32(43-31)42-18-21-10-6-5-7-11-21/h4-16,26,38H,1,17-18H2,2-3H3. The maximum atomic E-state index is 13.7. The smallest absolute Gasteiger partial charge is 0.301 e. The first-order chi connectivity index (χ1) is 20.9. The minimum Gasteiger partial charge on any atom is -0.505 e. The molecule has 1 atom stereocenters. The molecule has 11 heteroatoms. The number of benzene rings is 2. The molecule has 2 aromatic carbocycles. The predicted molar refractivity (Wildman–Crippen MR) is 167 cm³/mol. The lowest BCUT2D eigenvalue weighted by atomic mass is 9.96. The topological polar surface area (TPSA) is 110 Å². The number of thioether (sulfide) groups is 1. The number of pyridine rings is 1. The molecule has 1 N–H and O–H groups in total. The number of aromatic nitrogens is 4. The van der Waals surface area contributed by atoms with Crippen LogP contribution in [-0.2, 0) is 15.3 Å². The lowest BCUT2D eigenvalue weighted by molar-refractivity contribution is -0.132. The van der Waals surface area contributed by atoms with E-state index >= 15 is 0 Å². The van der Waals surface area contributed by atoms with Gasteiger partial charge in [-0.2, -0.15) is 0 Å². The first kappa shape index (κ1) is 28.4. The molecule has 1 amide bonds. The largest absolute Gasteiger partial charge is 0.505 e. The Morgan fingerprint density at radius 3 is 2.56 bits per heavy atom. The van der Waals surface area contributed by atoms with Crippen molar-refractivity contribution in [2.75, 3.05) is 11.5 Å². The van der Waals surface area contributed by atoms with E-state index in [4.69, 9.17) is 4.74 Å². The number of anilines is 1. The van der Waals surface area contributed by atoms with Gasteiger partial charge in [-0.05, 0) is 48.7 Å². The molecule has 1 unspecified atom stereocenters. The minimum absolute atomic E-state index is 0.0670. The van der Waals surface area contributed by atoms with E-state index in [2.05, 4.69) is 21.8 Å². The highest BCUT2D eigenvalue weighted by Crippen LogP contribution is 2.44. The molecule has 1 fully saturated rings.